The number of likely N-dealkylation sites (N-methyl/N-ethyl adjacent to an activating group) is 1. The number of hydrogen-bond donors (Lipinski definition) is 0. The van der Waals surface area contributed by atoms with E-state index in [0.717, 1.165) is 31.6 Å². The maximum absolute atomic E-state index is 14.3. The molecular formula is C15H20FNO. The molecule has 0 N–H and O–H groups in total. The van der Waals surface area contributed by atoms with Crippen LogP contribution in [0, 0.1) is 5.82 Å². The van der Waals surface area contributed by atoms with Crippen LogP contribution in [0.1, 0.15) is 25.8 Å². The zero-order valence-electron chi connectivity index (χ0n) is 11.1. The van der Waals surface area contributed by atoms with E-state index in [1.165, 1.54) is 0 Å². The topological polar surface area (TPSA) is 12.5 Å². The van der Waals surface area contributed by atoms with Gasteiger partial charge in [0.15, 0.2) is 11.6 Å². The number of hydrogen-bond acceptors (Lipinski definition) is 2. The maximum atomic E-state index is 14.3. The third-order valence-electron chi connectivity index (χ3n) is 3.29. The molecule has 2 nitrogen and oxygen atoms in total. The molecule has 0 aromatic heterocycles. The largest absolute Gasteiger partial charge is 0.491 e. The molecule has 1 aromatic carbocycles. The minimum atomic E-state index is -0.233. The summed E-state index contributed by atoms with van der Waals surface area (Å²) < 4.78 is 19.6. The summed E-state index contributed by atoms with van der Waals surface area (Å²) in [5.41, 5.74) is 1.75. The minimum absolute atomic E-state index is 0.233. The van der Waals surface area contributed by atoms with Gasteiger partial charge in [-0.25, -0.2) is 4.39 Å². The van der Waals surface area contributed by atoms with E-state index < -0.39 is 0 Å². The van der Waals surface area contributed by atoms with E-state index in [1.807, 2.05) is 19.1 Å². The molecule has 18 heavy (non-hydrogen) atoms. The van der Waals surface area contributed by atoms with Gasteiger partial charge in [-0.3, -0.25) is 4.90 Å². The standard InChI is InChI=1S/C15H20FNO/c1-3-17-10-6-7-12(11-17)13-8-5-9-14(15(13)16)18-4-2/h5,7-9H,3-4,6,10-11H2,1-2H3. The van der Waals surface area contributed by atoms with Crippen molar-refractivity contribution < 1.29 is 9.13 Å². The third kappa shape index (κ3) is 2.72. The van der Waals surface area contributed by atoms with Gasteiger partial charge in [-0.1, -0.05) is 25.1 Å². The van der Waals surface area contributed by atoms with Gasteiger partial charge in [0.05, 0.1) is 6.61 Å². The van der Waals surface area contributed by atoms with Gasteiger partial charge in [-0.15, -0.1) is 0 Å². The van der Waals surface area contributed by atoms with Crippen LogP contribution in [0.5, 0.6) is 5.75 Å². The molecule has 2 rings (SSSR count). The second-order valence-corrected chi connectivity index (χ2v) is 4.44. The molecule has 1 aromatic rings. The van der Waals surface area contributed by atoms with E-state index in [9.17, 15) is 4.39 Å². The van der Waals surface area contributed by atoms with Crippen molar-refractivity contribution in [2.24, 2.45) is 0 Å². The van der Waals surface area contributed by atoms with E-state index >= 15 is 0 Å². The summed E-state index contributed by atoms with van der Waals surface area (Å²) >= 11 is 0. The second kappa shape index (κ2) is 6.01. The first kappa shape index (κ1) is 13.1. The van der Waals surface area contributed by atoms with E-state index in [4.69, 9.17) is 4.74 Å². The number of rotatable bonds is 4. The molecule has 0 amide bonds. The predicted octanol–water partition coefficient (Wildman–Crippen LogP) is 3.33. The van der Waals surface area contributed by atoms with Crippen molar-refractivity contribution in [1.82, 2.24) is 4.90 Å². The summed E-state index contributed by atoms with van der Waals surface area (Å²) in [5, 5.41) is 0. The fourth-order valence-corrected chi connectivity index (χ4v) is 2.30. The number of nitrogens with zero attached hydrogens (tertiary/aromatic N) is 1. The van der Waals surface area contributed by atoms with Crippen LogP contribution in [-0.2, 0) is 0 Å². The molecule has 0 saturated heterocycles. The average Bonchev–Trinajstić information content (AvgIpc) is 2.41. The summed E-state index contributed by atoms with van der Waals surface area (Å²) in [4.78, 5) is 2.32. The van der Waals surface area contributed by atoms with Crippen molar-refractivity contribution in [2.75, 3.05) is 26.2 Å². The van der Waals surface area contributed by atoms with Crippen molar-refractivity contribution in [1.29, 1.82) is 0 Å². The van der Waals surface area contributed by atoms with Gasteiger partial charge in [-0.05, 0) is 31.5 Å². The summed E-state index contributed by atoms with van der Waals surface area (Å²) in [5.74, 6) is 0.119. The fourth-order valence-electron chi connectivity index (χ4n) is 2.30. The SMILES string of the molecule is CCOc1cccc(C2=CCCN(CC)C2)c1F. The van der Waals surface area contributed by atoms with Gasteiger partial charge >= 0.3 is 0 Å². The van der Waals surface area contributed by atoms with Gasteiger partial charge < -0.3 is 4.74 Å². The lowest BCUT2D eigenvalue weighted by atomic mass is 10.0. The zero-order valence-corrected chi connectivity index (χ0v) is 11.1. The lowest BCUT2D eigenvalue weighted by Gasteiger charge is -2.26. The van der Waals surface area contributed by atoms with Gasteiger partial charge in [0.1, 0.15) is 0 Å². The monoisotopic (exact) mass is 249 g/mol. The Morgan fingerprint density at radius 3 is 2.89 bits per heavy atom. The van der Waals surface area contributed by atoms with Crippen molar-refractivity contribution in [3.05, 3.63) is 35.7 Å². The maximum Gasteiger partial charge on any atom is 0.172 e. The first-order valence-corrected chi connectivity index (χ1v) is 6.59. The highest BCUT2D eigenvalue weighted by Gasteiger charge is 2.17. The highest BCUT2D eigenvalue weighted by Crippen LogP contribution is 2.28. The van der Waals surface area contributed by atoms with Gasteiger partial charge in [-0.2, -0.15) is 0 Å². The molecule has 3 heteroatoms. The minimum Gasteiger partial charge on any atom is -0.491 e. The fraction of sp³-hybridized carbons (Fsp3) is 0.467. The third-order valence-corrected chi connectivity index (χ3v) is 3.29. The normalized spacial score (nSPS) is 16.5. The zero-order chi connectivity index (χ0) is 13.0. The van der Waals surface area contributed by atoms with Crippen LogP contribution in [0.25, 0.3) is 5.57 Å². The highest BCUT2D eigenvalue weighted by molar-refractivity contribution is 5.69. The first-order valence-electron chi connectivity index (χ1n) is 6.59. The molecule has 1 aliphatic heterocycles. The van der Waals surface area contributed by atoms with Gasteiger partial charge in [0.25, 0.3) is 0 Å². The second-order valence-electron chi connectivity index (χ2n) is 4.44. The molecule has 0 fully saturated rings. The number of halogens is 1. The van der Waals surface area contributed by atoms with Gasteiger partial charge in [0.2, 0.25) is 0 Å². The van der Waals surface area contributed by atoms with Crippen LogP contribution in [-0.4, -0.2) is 31.1 Å². The van der Waals surface area contributed by atoms with Crippen LogP contribution in [0.2, 0.25) is 0 Å². The molecule has 0 atom stereocenters. The lowest BCUT2D eigenvalue weighted by Crippen LogP contribution is -2.29. The molecule has 0 spiro atoms. The molecule has 0 bridgehead atoms. The Kier molecular flexibility index (Phi) is 4.37. The Hall–Kier alpha value is -1.35. The molecule has 0 aliphatic carbocycles. The molecule has 0 radical (unpaired) electrons. The Morgan fingerprint density at radius 2 is 2.17 bits per heavy atom. The van der Waals surface area contributed by atoms with E-state index in [-0.39, 0.29) is 5.82 Å². The molecule has 98 valence electrons. The highest BCUT2D eigenvalue weighted by atomic mass is 19.1. The Morgan fingerprint density at radius 1 is 1.33 bits per heavy atom. The van der Waals surface area contributed by atoms with Crippen LogP contribution in [0.3, 0.4) is 0 Å². The predicted molar refractivity (Wildman–Crippen MR) is 72.3 cm³/mol. The molecule has 1 heterocycles. The Labute approximate surface area is 108 Å². The summed E-state index contributed by atoms with van der Waals surface area (Å²) in [7, 11) is 0. The van der Waals surface area contributed by atoms with Crippen LogP contribution >= 0.6 is 0 Å². The van der Waals surface area contributed by atoms with Crippen molar-refractivity contribution in [3.63, 3.8) is 0 Å². The molecule has 1 aliphatic rings. The lowest BCUT2D eigenvalue weighted by molar-refractivity contribution is 0.316. The Balaban J connectivity index is 2.28. The average molecular weight is 249 g/mol. The van der Waals surface area contributed by atoms with E-state index in [1.54, 1.807) is 6.07 Å². The summed E-state index contributed by atoms with van der Waals surface area (Å²) in [6.07, 6.45) is 3.13. The number of benzene rings is 1. The van der Waals surface area contributed by atoms with E-state index in [2.05, 4.69) is 17.9 Å². The van der Waals surface area contributed by atoms with Crippen LogP contribution in [0.15, 0.2) is 24.3 Å². The quantitative estimate of drug-likeness (QED) is 0.811. The molecule has 0 saturated carbocycles. The Bertz CT molecular complexity index is 442. The first-order chi connectivity index (χ1) is 8.76. The molecule has 0 unspecified atom stereocenters. The van der Waals surface area contributed by atoms with Crippen molar-refractivity contribution in [2.45, 2.75) is 20.3 Å². The van der Waals surface area contributed by atoms with Crippen LogP contribution in [0.4, 0.5) is 4.39 Å². The number of ether oxygens (including phenoxy) is 1. The summed E-state index contributed by atoms with van der Waals surface area (Å²) in [6.45, 7) is 7.38. The smallest absolute Gasteiger partial charge is 0.172 e. The van der Waals surface area contributed by atoms with Gasteiger partial charge in [0, 0.05) is 18.7 Å². The van der Waals surface area contributed by atoms with E-state index in [0.29, 0.717) is 17.9 Å². The van der Waals surface area contributed by atoms with Crippen LogP contribution < -0.4 is 4.74 Å². The van der Waals surface area contributed by atoms with Crippen molar-refractivity contribution >= 4 is 5.57 Å². The molecular weight excluding hydrogens is 229 g/mol. The van der Waals surface area contributed by atoms with Crippen molar-refractivity contribution in [3.8, 4) is 5.75 Å². The summed E-state index contributed by atoms with van der Waals surface area (Å²) in [6, 6.07) is 5.38.